The highest BCUT2D eigenvalue weighted by atomic mass is 16.5. The van der Waals surface area contributed by atoms with Crippen LogP contribution in [0.3, 0.4) is 0 Å². The second-order valence-electron chi connectivity index (χ2n) is 3.67. The average molecular weight is 235 g/mol. The van der Waals surface area contributed by atoms with Crippen LogP contribution < -0.4 is 0 Å². The van der Waals surface area contributed by atoms with E-state index in [1.165, 1.54) is 4.90 Å². The van der Waals surface area contributed by atoms with Gasteiger partial charge in [0.05, 0.1) is 12.6 Å². The predicted octanol–water partition coefficient (Wildman–Crippen LogP) is 1.77. The summed E-state index contributed by atoms with van der Waals surface area (Å²) in [5.41, 5.74) is 0.990. The maximum Gasteiger partial charge on any atom is 0.325 e. The molecule has 0 aromatic heterocycles. The number of ether oxygens (including phenoxy) is 1. The van der Waals surface area contributed by atoms with E-state index in [0.29, 0.717) is 13.0 Å². The fraction of sp³-hybridized carbons (Fsp3) is 0.385. The molecule has 0 aliphatic heterocycles. The Hall–Kier alpha value is -1.84. The number of amides is 1. The third-order valence-corrected chi connectivity index (χ3v) is 2.53. The monoisotopic (exact) mass is 235 g/mol. The zero-order valence-electron chi connectivity index (χ0n) is 10.1. The summed E-state index contributed by atoms with van der Waals surface area (Å²) >= 11 is 0. The molecule has 0 heterocycles. The Kier molecular flexibility index (Phi) is 5.20. The summed E-state index contributed by atoms with van der Waals surface area (Å²) < 4.78 is 4.82. The number of carbonyl (C=O) groups is 2. The van der Waals surface area contributed by atoms with Crippen molar-refractivity contribution >= 4 is 12.4 Å². The highest BCUT2D eigenvalue weighted by Gasteiger charge is 2.17. The molecule has 4 nitrogen and oxygen atoms in total. The Balaban J connectivity index is 2.67. The Morgan fingerprint density at radius 2 is 2.06 bits per heavy atom. The lowest BCUT2D eigenvalue weighted by Crippen LogP contribution is -2.32. The van der Waals surface area contributed by atoms with Crippen molar-refractivity contribution in [3.63, 3.8) is 0 Å². The number of esters is 1. The predicted molar refractivity (Wildman–Crippen MR) is 64.3 cm³/mol. The quantitative estimate of drug-likeness (QED) is 0.557. The van der Waals surface area contributed by atoms with Crippen LogP contribution in [0.4, 0.5) is 0 Å². The van der Waals surface area contributed by atoms with E-state index in [0.717, 1.165) is 5.56 Å². The van der Waals surface area contributed by atoms with Crippen LogP contribution in [-0.4, -0.2) is 30.4 Å². The van der Waals surface area contributed by atoms with Crippen LogP contribution in [0.15, 0.2) is 30.3 Å². The van der Waals surface area contributed by atoms with Crippen LogP contribution in [0.1, 0.15) is 25.5 Å². The van der Waals surface area contributed by atoms with E-state index in [1.54, 1.807) is 6.92 Å². The largest absolute Gasteiger partial charge is 0.465 e. The highest BCUT2D eigenvalue weighted by molar-refractivity contribution is 5.74. The van der Waals surface area contributed by atoms with Gasteiger partial charge < -0.3 is 9.64 Å². The van der Waals surface area contributed by atoms with Crippen molar-refractivity contribution < 1.29 is 14.3 Å². The lowest BCUT2D eigenvalue weighted by molar-refractivity contribution is -0.147. The third-order valence-electron chi connectivity index (χ3n) is 2.53. The molecule has 0 saturated heterocycles. The van der Waals surface area contributed by atoms with Crippen LogP contribution in [0.5, 0.6) is 0 Å². The fourth-order valence-electron chi connectivity index (χ4n) is 1.54. The van der Waals surface area contributed by atoms with Crippen molar-refractivity contribution in [3.05, 3.63) is 35.9 Å². The first-order valence-corrected chi connectivity index (χ1v) is 5.60. The molecule has 1 amide bonds. The Labute approximate surface area is 101 Å². The van der Waals surface area contributed by atoms with Gasteiger partial charge in [0.1, 0.15) is 6.54 Å². The third kappa shape index (κ3) is 3.90. The van der Waals surface area contributed by atoms with E-state index in [-0.39, 0.29) is 18.6 Å². The highest BCUT2D eigenvalue weighted by Crippen LogP contribution is 2.17. The summed E-state index contributed by atoms with van der Waals surface area (Å²) in [7, 11) is 0. The van der Waals surface area contributed by atoms with Gasteiger partial charge in [-0.3, -0.25) is 9.59 Å². The number of nitrogens with zero attached hydrogens (tertiary/aromatic N) is 1. The fourth-order valence-corrected chi connectivity index (χ4v) is 1.54. The minimum atomic E-state index is -0.387. The van der Waals surface area contributed by atoms with Gasteiger partial charge in [-0.05, 0) is 19.4 Å². The van der Waals surface area contributed by atoms with Gasteiger partial charge in [-0.25, -0.2) is 0 Å². The SMILES string of the molecule is CCOC(=O)CN(C=O)[C@H](C)c1ccccc1. The molecule has 0 aliphatic rings. The minimum absolute atomic E-state index is 0.0204. The summed E-state index contributed by atoms with van der Waals surface area (Å²) in [4.78, 5) is 23.7. The molecule has 0 saturated carbocycles. The van der Waals surface area contributed by atoms with E-state index >= 15 is 0 Å². The summed E-state index contributed by atoms with van der Waals surface area (Å²) in [6.45, 7) is 3.92. The summed E-state index contributed by atoms with van der Waals surface area (Å²) in [6.07, 6.45) is 0.675. The Bertz CT molecular complexity index is 364. The van der Waals surface area contributed by atoms with Gasteiger partial charge in [-0.15, -0.1) is 0 Å². The van der Waals surface area contributed by atoms with Crippen molar-refractivity contribution in [2.75, 3.05) is 13.2 Å². The number of benzene rings is 1. The van der Waals surface area contributed by atoms with Gasteiger partial charge in [0.15, 0.2) is 0 Å². The topological polar surface area (TPSA) is 46.6 Å². The minimum Gasteiger partial charge on any atom is -0.465 e. The molecule has 0 bridgehead atoms. The second-order valence-corrected chi connectivity index (χ2v) is 3.67. The van der Waals surface area contributed by atoms with Gasteiger partial charge in [0.2, 0.25) is 6.41 Å². The summed E-state index contributed by atoms with van der Waals surface area (Å²) in [5, 5.41) is 0. The molecule has 0 spiro atoms. The standard InChI is InChI=1S/C13H17NO3/c1-3-17-13(16)9-14(10-15)11(2)12-7-5-4-6-8-12/h4-8,10-11H,3,9H2,1-2H3/t11-/m1/s1. The second kappa shape index (κ2) is 6.68. The normalized spacial score (nSPS) is 11.6. The van der Waals surface area contributed by atoms with Gasteiger partial charge in [-0.2, -0.15) is 0 Å². The summed E-state index contributed by atoms with van der Waals surface area (Å²) in [5.74, 6) is -0.387. The number of hydrogen-bond acceptors (Lipinski definition) is 3. The molecule has 0 N–H and O–H groups in total. The number of rotatable bonds is 6. The molecule has 0 aliphatic carbocycles. The van der Waals surface area contributed by atoms with Crippen molar-refractivity contribution in [3.8, 4) is 0 Å². The van der Waals surface area contributed by atoms with Gasteiger partial charge in [0, 0.05) is 0 Å². The first-order chi connectivity index (χ1) is 8.19. The van der Waals surface area contributed by atoms with E-state index < -0.39 is 0 Å². The molecular weight excluding hydrogens is 218 g/mol. The maximum atomic E-state index is 11.3. The molecule has 0 unspecified atom stereocenters. The van der Waals surface area contributed by atoms with Crippen LogP contribution >= 0.6 is 0 Å². The average Bonchev–Trinajstić information content (AvgIpc) is 2.36. The zero-order chi connectivity index (χ0) is 12.7. The van der Waals surface area contributed by atoms with Crippen molar-refractivity contribution in [1.82, 2.24) is 4.90 Å². The number of carbonyl (C=O) groups excluding carboxylic acids is 2. The molecule has 0 radical (unpaired) electrons. The Morgan fingerprint density at radius 3 is 2.59 bits per heavy atom. The Morgan fingerprint density at radius 1 is 1.41 bits per heavy atom. The van der Waals surface area contributed by atoms with E-state index in [1.807, 2.05) is 37.3 Å². The van der Waals surface area contributed by atoms with E-state index in [9.17, 15) is 9.59 Å². The first kappa shape index (κ1) is 13.2. The smallest absolute Gasteiger partial charge is 0.325 e. The molecule has 1 atom stereocenters. The molecule has 1 aromatic carbocycles. The molecule has 1 aromatic rings. The van der Waals surface area contributed by atoms with E-state index in [4.69, 9.17) is 4.74 Å². The van der Waals surface area contributed by atoms with E-state index in [2.05, 4.69) is 0 Å². The lowest BCUT2D eigenvalue weighted by Gasteiger charge is -2.24. The first-order valence-electron chi connectivity index (χ1n) is 5.60. The number of hydrogen-bond donors (Lipinski definition) is 0. The van der Waals surface area contributed by atoms with Crippen LogP contribution in [0, 0.1) is 0 Å². The summed E-state index contributed by atoms with van der Waals surface area (Å²) in [6, 6.07) is 9.42. The van der Waals surface area contributed by atoms with Crippen molar-refractivity contribution in [1.29, 1.82) is 0 Å². The maximum absolute atomic E-state index is 11.3. The van der Waals surface area contributed by atoms with Gasteiger partial charge >= 0.3 is 5.97 Å². The van der Waals surface area contributed by atoms with Crippen molar-refractivity contribution in [2.24, 2.45) is 0 Å². The molecule has 17 heavy (non-hydrogen) atoms. The van der Waals surface area contributed by atoms with Crippen LogP contribution in [-0.2, 0) is 14.3 Å². The molecule has 1 rings (SSSR count). The van der Waals surface area contributed by atoms with Gasteiger partial charge in [0.25, 0.3) is 0 Å². The van der Waals surface area contributed by atoms with Gasteiger partial charge in [-0.1, -0.05) is 30.3 Å². The molecule has 4 heteroatoms. The zero-order valence-corrected chi connectivity index (χ0v) is 10.1. The molecule has 0 fully saturated rings. The molecular formula is C13H17NO3. The molecule has 92 valence electrons. The van der Waals surface area contributed by atoms with Crippen molar-refractivity contribution in [2.45, 2.75) is 19.9 Å². The lowest BCUT2D eigenvalue weighted by atomic mass is 10.1. The van der Waals surface area contributed by atoms with Crippen LogP contribution in [0.25, 0.3) is 0 Å². The van der Waals surface area contributed by atoms with Crippen LogP contribution in [0.2, 0.25) is 0 Å².